The molecule has 3 aromatic rings. The third-order valence-corrected chi connectivity index (χ3v) is 4.30. The highest BCUT2D eigenvalue weighted by molar-refractivity contribution is 6.02. The second-order valence-corrected chi connectivity index (χ2v) is 6.88. The molecule has 0 saturated heterocycles. The number of carbonyl (C=O) groups is 1. The summed E-state index contributed by atoms with van der Waals surface area (Å²) in [6.07, 6.45) is 0.703. The molecule has 0 aliphatic rings. The number of aromatic hydroxyl groups is 1. The van der Waals surface area contributed by atoms with E-state index in [0.717, 1.165) is 18.2 Å². The summed E-state index contributed by atoms with van der Waals surface area (Å²) in [6.45, 7) is 0.590. The van der Waals surface area contributed by atoms with E-state index >= 15 is 0 Å². The Hall–Kier alpha value is -3.50. The molecule has 29 heavy (non-hydrogen) atoms. The van der Waals surface area contributed by atoms with E-state index < -0.39 is 22.9 Å². The third kappa shape index (κ3) is 4.03. The summed E-state index contributed by atoms with van der Waals surface area (Å²) in [4.78, 5) is 44.7. The molecule has 0 fully saturated rings. The number of aliphatic hydroxyl groups is 1. The molecular formula is C19H20N4O6. The van der Waals surface area contributed by atoms with Crippen LogP contribution in [0.2, 0.25) is 0 Å². The van der Waals surface area contributed by atoms with E-state index in [9.17, 15) is 29.7 Å². The largest absolute Gasteiger partial charge is 0.507 e. The monoisotopic (exact) mass is 400 g/mol. The Morgan fingerprint density at radius 3 is 2.62 bits per heavy atom. The standard InChI is InChI=1S/C19H20N4O6/c1-23(2)8-9(24)6-20-7-11-13(26)5-14(27)18-16(11)22-17-12(25)4-3-10(19(28)29)15(17)21-18/h3-5,7,9,20-21,24,26H,6,8H2,1-2H3,(H,28,29). The number of hydrogen-bond donors (Lipinski definition) is 5. The van der Waals surface area contributed by atoms with Crippen LogP contribution in [0.4, 0.5) is 0 Å². The number of nitrogens with zero attached hydrogens (tertiary/aromatic N) is 2. The van der Waals surface area contributed by atoms with Crippen LogP contribution in [-0.4, -0.2) is 69.4 Å². The molecule has 1 unspecified atom stereocenters. The molecule has 0 aliphatic heterocycles. The van der Waals surface area contributed by atoms with Crippen molar-refractivity contribution in [3.8, 4) is 5.75 Å². The van der Waals surface area contributed by atoms with Crippen molar-refractivity contribution in [1.29, 1.82) is 0 Å². The first-order valence-corrected chi connectivity index (χ1v) is 8.71. The molecule has 5 N–H and O–H groups in total. The lowest BCUT2D eigenvalue weighted by Crippen LogP contribution is -2.33. The number of aliphatic hydroxyl groups excluding tert-OH is 1. The van der Waals surface area contributed by atoms with Crippen molar-refractivity contribution >= 4 is 34.2 Å². The molecule has 0 saturated carbocycles. The number of aromatic carboxylic acids is 1. The normalized spacial score (nSPS) is 13.3. The van der Waals surface area contributed by atoms with Crippen molar-refractivity contribution in [3.63, 3.8) is 0 Å². The van der Waals surface area contributed by atoms with Gasteiger partial charge in [0.15, 0.2) is 0 Å². The number of hydrogen-bond acceptors (Lipinski definition) is 8. The lowest BCUT2D eigenvalue weighted by Gasteiger charge is -2.15. The average molecular weight is 400 g/mol. The predicted octanol–water partition coefficient (Wildman–Crippen LogP) is -1.19. The summed E-state index contributed by atoms with van der Waals surface area (Å²) >= 11 is 0. The van der Waals surface area contributed by atoms with Crippen LogP contribution in [-0.2, 0) is 0 Å². The fourth-order valence-electron chi connectivity index (χ4n) is 3.03. The van der Waals surface area contributed by atoms with Gasteiger partial charge in [0.05, 0.1) is 22.4 Å². The van der Waals surface area contributed by atoms with Crippen molar-refractivity contribution in [2.24, 2.45) is 0 Å². The second kappa shape index (κ2) is 7.86. The van der Waals surface area contributed by atoms with Gasteiger partial charge in [-0.05, 0) is 26.2 Å². The number of carboxylic acids is 1. The van der Waals surface area contributed by atoms with Gasteiger partial charge in [0.25, 0.3) is 0 Å². The Balaban J connectivity index is 2.21. The first kappa shape index (κ1) is 20.2. The number of fused-ring (bicyclic) bond motifs is 2. The minimum Gasteiger partial charge on any atom is -0.507 e. The summed E-state index contributed by atoms with van der Waals surface area (Å²) in [5, 5.41) is 32.5. The van der Waals surface area contributed by atoms with Gasteiger partial charge in [-0.15, -0.1) is 0 Å². The number of benzene rings is 2. The van der Waals surface area contributed by atoms with Crippen LogP contribution < -0.4 is 21.4 Å². The molecule has 1 heterocycles. The highest BCUT2D eigenvalue weighted by Gasteiger charge is 2.16. The summed E-state index contributed by atoms with van der Waals surface area (Å²) in [7, 11) is 3.63. The first-order chi connectivity index (χ1) is 13.7. The molecular weight excluding hydrogens is 380 g/mol. The maximum Gasteiger partial charge on any atom is 0.337 e. The van der Waals surface area contributed by atoms with Crippen molar-refractivity contribution in [2.75, 3.05) is 27.2 Å². The Labute approximate surface area is 163 Å². The maximum atomic E-state index is 12.3. The number of likely N-dealkylation sites (N-methyl/N-ethyl adjacent to an activating group) is 1. The van der Waals surface area contributed by atoms with E-state index in [1.54, 1.807) is 0 Å². The number of aromatic nitrogens is 2. The molecule has 0 bridgehead atoms. The zero-order valence-electron chi connectivity index (χ0n) is 15.8. The molecule has 0 spiro atoms. The number of rotatable bonds is 6. The Morgan fingerprint density at radius 1 is 1.24 bits per heavy atom. The van der Waals surface area contributed by atoms with Gasteiger partial charge < -0.3 is 30.5 Å². The van der Waals surface area contributed by atoms with Gasteiger partial charge in [0.2, 0.25) is 10.9 Å². The second-order valence-electron chi connectivity index (χ2n) is 6.88. The van der Waals surface area contributed by atoms with Crippen LogP contribution in [0.15, 0.2) is 27.8 Å². The zero-order valence-corrected chi connectivity index (χ0v) is 15.8. The van der Waals surface area contributed by atoms with Crippen LogP contribution in [0.5, 0.6) is 5.75 Å². The Kier molecular flexibility index (Phi) is 5.48. The molecule has 0 amide bonds. The Bertz CT molecular complexity index is 1270. The van der Waals surface area contributed by atoms with E-state index in [0.29, 0.717) is 6.54 Å². The maximum absolute atomic E-state index is 12.3. The van der Waals surface area contributed by atoms with Gasteiger partial charge in [-0.3, -0.25) is 9.59 Å². The number of aromatic amines is 1. The van der Waals surface area contributed by atoms with Gasteiger partial charge in [-0.1, -0.05) is 0 Å². The van der Waals surface area contributed by atoms with Crippen molar-refractivity contribution in [2.45, 2.75) is 6.10 Å². The first-order valence-electron chi connectivity index (χ1n) is 8.71. The van der Waals surface area contributed by atoms with Crippen LogP contribution >= 0.6 is 0 Å². The quantitative estimate of drug-likeness (QED) is 0.321. The molecule has 10 heteroatoms. The fourth-order valence-corrected chi connectivity index (χ4v) is 3.03. The van der Waals surface area contributed by atoms with Crippen molar-refractivity contribution in [1.82, 2.24) is 20.2 Å². The van der Waals surface area contributed by atoms with Crippen LogP contribution in [0.25, 0.3) is 28.3 Å². The van der Waals surface area contributed by atoms with Crippen molar-refractivity contribution < 1.29 is 20.1 Å². The summed E-state index contributed by atoms with van der Waals surface area (Å²) in [5.41, 5.74) is -1.60. The average Bonchev–Trinajstić information content (AvgIpc) is 2.63. The number of phenolic OH excluding ortho intramolecular Hbond substituents is 1. The number of nitrogens with one attached hydrogen (secondary N) is 2. The minimum absolute atomic E-state index is 0.0109. The predicted molar refractivity (Wildman–Crippen MR) is 107 cm³/mol. The molecule has 152 valence electrons. The molecule has 1 atom stereocenters. The molecule has 10 nitrogen and oxygen atoms in total. The lowest BCUT2D eigenvalue weighted by atomic mass is 10.1. The summed E-state index contributed by atoms with van der Waals surface area (Å²) < 4.78 is 0. The van der Waals surface area contributed by atoms with Gasteiger partial charge in [-0.25, -0.2) is 9.78 Å². The number of carboxylic acid groups (broad SMARTS) is 1. The minimum atomic E-state index is -1.28. The van der Waals surface area contributed by atoms with Gasteiger partial charge >= 0.3 is 5.97 Å². The van der Waals surface area contributed by atoms with E-state index in [1.165, 1.54) is 6.20 Å². The molecule has 0 aliphatic carbocycles. The van der Waals surface area contributed by atoms with Gasteiger partial charge in [0, 0.05) is 25.4 Å². The van der Waals surface area contributed by atoms with Crippen LogP contribution in [0.3, 0.4) is 0 Å². The topological polar surface area (TPSA) is 156 Å². The molecule has 3 rings (SSSR count). The van der Waals surface area contributed by atoms with Gasteiger partial charge in [0.1, 0.15) is 22.3 Å². The fraction of sp³-hybridized carbons (Fsp3) is 0.263. The van der Waals surface area contributed by atoms with E-state index in [2.05, 4.69) is 15.3 Å². The third-order valence-electron chi connectivity index (χ3n) is 4.30. The number of H-pyrrole nitrogens is 1. The van der Waals surface area contributed by atoms with Crippen LogP contribution in [0, 0.1) is 0 Å². The Morgan fingerprint density at radius 2 is 1.97 bits per heavy atom. The smallest absolute Gasteiger partial charge is 0.337 e. The van der Waals surface area contributed by atoms with Crippen LogP contribution in [0.1, 0.15) is 10.4 Å². The highest BCUT2D eigenvalue weighted by Crippen LogP contribution is 2.15. The molecule has 1 aromatic heterocycles. The van der Waals surface area contributed by atoms with Gasteiger partial charge in [-0.2, -0.15) is 0 Å². The summed E-state index contributed by atoms with van der Waals surface area (Å²) in [5.74, 6) is -1.64. The SMILES string of the molecule is CN(C)CC(O)CNC=c1c(O)cc(=O)c2[nH]c3c(C(=O)O)ccc(=O)c3nc12. The van der Waals surface area contributed by atoms with Crippen molar-refractivity contribution in [3.05, 3.63) is 49.4 Å². The summed E-state index contributed by atoms with van der Waals surface area (Å²) in [6, 6.07) is 3.19. The molecule has 0 radical (unpaired) electrons. The lowest BCUT2D eigenvalue weighted by molar-refractivity contribution is 0.0698. The van der Waals surface area contributed by atoms with E-state index in [1.807, 2.05) is 19.0 Å². The molecule has 2 aromatic carbocycles. The zero-order chi connectivity index (χ0) is 21.3. The van der Waals surface area contributed by atoms with E-state index in [4.69, 9.17) is 0 Å². The van der Waals surface area contributed by atoms with E-state index in [-0.39, 0.29) is 45.1 Å². The number of phenols is 1. The highest BCUT2D eigenvalue weighted by atomic mass is 16.4.